The number of hydrogen-bond donors (Lipinski definition) is 0. The first-order chi connectivity index (χ1) is 8.43. The number of aldehydes is 1. The van der Waals surface area contributed by atoms with Crippen LogP contribution in [0.3, 0.4) is 0 Å². The van der Waals surface area contributed by atoms with Gasteiger partial charge >= 0.3 is 0 Å². The van der Waals surface area contributed by atoms with Gasteiger partial charge in [0.1, 0.15) is 6.29 Å². The topological polar surface area (TPSA) is 44.8 Å². The molecule has 1 aliphatic carbocycles. The van der Waals surface area contributed by atoms with Crippen molar-refractivity contribution in [3.05, 3.63) is 0 Å². The van der Waals surface area contributed by atoms with E-state index in [4.69, 9.17) is 14.2 Å². The van der Waals surface area contributed by atoms with E-state index in [1.807, 2.05) is 0 Å². The van der Waals surface area contributed by atoms with Gasteiger partial charge in [0, 0.05) is 6.42 Å². The molecular formula is C13H24O4. The van der Waals surface area contributed by atoms with E-state index in [-0.39, 0.29) is 0 Å². The molecule has 17 heavy (non-hydrogen) atoms. The van der Waals surface area contributed by atoms with Gasteiger partial charge in [-0.2, -0.15) is 0 Å². The molecule has 0 unspecified atom stereocenters. The van der Waals surface area contributed by atoms with Gasteiger partial charge in [0.2, 0.25) is 0 Å². The minimum atomic E-state index is 0.455. The van der Waals surface area contributed by atoms with E-state index in [0.717, 1.165) is 6.29 Å². The summed E-state index contributed by atoms with van der Waals surface area (Å²) in [4.78, 5) is 10.0. The summed E-state index contributed by atoms with van der Waals surface area (Å²) in [5.41, 5.74) is 0. The standard InChI is InChI=1S/C13H24O4/c14-7-4-8-15-9-10-16-11-12-17-13-5-2-1-3-6-13/h7,13H,1-6,8-12H2. The lowest BCUT2D eigenvalue weighted by Crippen LogP contribution is -2.19. The zero-order chi connectivity index (χ0) is 12.2. The average Bonchev–Trinajstić information content (AvgIpc) is 2.38. The highest BCUT2D eigenvalue weighted by Gasteiger charge is 2.12. The van der Waals surface area contributed by atoms with E-state index >= 15 is 0 Å². The zero-order valence-electron chi connectivity index (χ0n) is 10.6. The Morgan fingerprint density at radius 3 is 2.24 bits per heavy atom. The van der Waals surface area contributed by atoms with Gasteiger partial charge in [-0.15, -0.1) is 0 Å². The highest BCUT2D eigenvalue weighted by molar-refractivity contribution is 5.49. The SMILES string of the molecule is O=CCCOCCOCCOC1CCCCC1. The Morgan fingerprint density at radius 1 is 0.882 bits per heavy atom. The van der Waals surface area contributed by atoms with E-state index in [1.165, 1.54) is 32.1 Å². The molecule has 1 fully saturated rings. The van der Waals surface area contributed by atoms with Gasteiger partial charge in [-0.25, -0.2) is 0 Å². The molecule has 4 nitrogen and oxygen atoms in total. The van der Waals surface area contributed by atoms with Gasteiger partial charge in [0.05, 0.1) is 39.1 Å². The number of rotatable bonds is 10. The molecule has 0 bridgehead atoms. The summed E-state index contributed by atoms with van der Waals surface area (Å²) in [6, 6.07) is 0. The molecule has 0 atom stereocenters. The van der Waals surface area contributed by atoms with Crippen LogP contribution in [0.25, 0.3) is 0 Å². The largest absolute Gasteiger partial charge is 0.379 e. The zero-order valence-corrected chi connectivity index (χ0v) is 10.6. The maximum Gasteiger partial charge on any atom is 0.122 e. The lowest BCUT2D eigenvalue weighted by Gasteiger charge is -2.21. The fraction of sp³-hybridized carbons (Fsp3) is 0.923. The first-order valence-electron chi connectivity index (χ1n) is 6.64. The third-order valence-corrected chi connectivity index (χ3v) is 2.89. The Morgan fingerprint density at radius 2 is 1.53 bits per heavy atom. The average molecular weight is 244 g/mol. The summed E-state index contributed by atoms with van der Waals surface area (Å²) in [5.74, 6) is 0. The van der Waals surface area contributed by atoms with Crippen molar-refractivity contribution < 1.29 is 19.0 Å². The predicted octanol–water partition coefficient (Wildman–Crippen LogP) is 1.96. The molecule has 4 heteroatoms. The number of carbonyl (C=O) groups is 1. The van der Waals surface area contributed by atoms with Crippen LogP contribution in [0.5, 0.6) is 0 Å². The van der Waals surface area contributed by atoms with Crippen molar-refractivity contribution in [2.45, 2.75) is 44.6 Å². The summed E-state index contributed by atoms with van der Waals surface area (Å²) in [7, 11) is 0. The fourth-order valence-electron chi connectivity index (χ4n) is 1.96. The van der Waals surface area contributed by atoms with Gasteiger partial charge in [-0.05, 0) is 12.8 Å². The van der Waals surface area contributed by atoms with E-state index in [0.29, 0.717) is 45.6 Å². The van der Waals surface area contributed by atoms with Crippen LogP contribution in [0.1, 0.15) is 38.5 Å². The Bertz CT molecular complexity index is 178. The highest BCUT2D eigenvalue weighted by Crippen LogP contribution is 2.19. The quantitative estimate of drug-likeness (QED) is 0.435. The van der Waals surface area contributed by atoms with E-state index in [1.54, 1.807) is 0 Å². The van der Waals surface area contributed by atoms with E-state index < -0.39 is 0 Å². The second-order valence-corrected chi connectivity index (χ2v) is 4.31. The molecule has 1 aliphatic rings. The van der Waals surface area contributed by atoms with Crippen LogP contribution < -0.4 is 0 Å². The van der Waals surface area contributed by atoms with Crippen molar-refractivity contribution in [2.24, 2.45) is 0 Å². The summed E-state index contributed by atoms with van der Waals surface area (Å²) in [5, 5.41) is 0. The Kier molecular flexibility index (Phi) is 9.19. The summed E-state index contributed by atoms with van der Waals surface area (Å²) in [6.07, 6.45) is 8.14. The monoisotopic (exact) mass is 244 g/mol. The van der Waals surface area contributed by atoms with Crippen LogP contribution in [0.2, 0.25) is 0 Å². The normalized spacial score (nSPS) is 17.2. The van der Waals surface area contributed by atoms with Gasteiger partial charge < -0.3 is 19.0 Å². The van der Waals surface area contributed by atoms with Crippen LogP contribution in [0.15, 0.2) is 0 Å². The molecule has 0 spiro atoms. The maximum absolute atomic E-state index is 10.0. The number of carbonyl (C=O) groups excluding carboxylic acids is 1. The Hall–Kier alpha value is -0.450. The summed E-state index contributed by atoms with van der Waals surface area (Å²) in [6.45, 7) is 2.93. The van der Waals surface area contributed by atoms with Crippen molar-refractivity contribution in [3.63, 3.8) is 0 Å². The van der Waals surface area contributed by atoms with Crippen molar-refractivity contribution in [1.82, 2.24) is 0 Å². The second kappa shape index (κ2) is 10.7. The molecule has 0 saturated heterocycles. The third kappa shape index (κ3) is 8.30. The second-order valence-electron chi connectivity index (χ2n) is 4.31. The van der Waals surface area contributed by atoms with Crippen LogP contribution in [-0.2, 0) is 19.0 Å². The lowest BCUT2D eigenvalue weighted by atomic mass is 9.98. The van der Waals surface area contributed by atoms with Crippen molar-refractivity contribution in [3.8, 4) is 0 Å². The molecular weight excluding hydrogens is 220 g/mol. The summed E-state index contributed by atoms with van der Waals surface area (Å²) >= 11 is 0. The first kappa shape index (κ1) is 14.6. The number of hydrogen-bond acceptors (Lipinski definition) is 4. The minimum absolute atomic E-state index is 0.455. The summed E-state index contributed by atoms with van der Waals surface area (Å²) < 4.78 is 16.3. The highest BCUT2D eigenvalue weighted by atomic mass is 16.5. The first-order valence-corrected chi connectivity index (χ1v) is 6.64. The molecule has 0 amide bonds. The minimum Gasteiger partial charge on any atom is -0.379 e. The van der Waals surface area contributed by atoms with E-state index in [9.17, 15) is 4.79 Å². The smallest absolute Gasteiger partial charge is 0.122 e. The van der Waals surface area contributed by atoms with Crippen LogP contribution in [-0.4, -0.2) is 45.4 Å². The number of ether oxygens (including phenoxy) is 3. The molecule has 100 valence electrons. The fourth-order valence-corrected chi connectivity index (χ4v) is 1.96. The van der Waals surface area contributed by atoms with Gasteiger partial charge in [-0.3, -0.25) is 0 Å². The Balaban J connectivity index is 1.76. The van der Waals surface area contributed by atoms with Gasteiger partial charge in [-0.1, -0.05) is 19.3 Å². The van der Waals surface area contributed by atoms with Gasteiger partial charge in [0.25, 0.3) is 0 Å². The van der Waals surface area contributed by atoms with Gasteiger partial charge in [0.15, 0.2) is 0 Å². The molecule has 0 radical (unpaired) electrons. The predicted molar refractivity (Wildman–Crippen MR) is 65.1 cm³/mol. The Labute approximate surface area is 104 Å². The van der Waals surface area contributed by atoms with Crippen molar-refractivity contribution in [1.29, 1.82) is 0 Å². The molecule has 0 heterocycles. The van der Waals surface area contributed by atoms with Crippen molar-refractivity contribution in [2.75, 3.05) is 33.0 Å². The van der Waals surface area contributed by atoms with Crippen LogP contribution in [0.4, 0.5) is 0 Å². The van der Waals surface area contributed by atoms with E-state index in [2.05, 4.69) is 0 Å². The molecule has 1 saturated carbocycles. The molecule has 0 aromatic heterocycles. The maximum atomic E-state index is 10.0. The van der Waals surface area contributed by atoms with Crippen LogP contribution >= 0.6 is 0 Å². The molecule has 0 aromatic rings. The lowest BCUT2D eigenvalue weighted by molar-refractivity contribution is -0.109. The molecule has 0 aliphatic heterocycles. The van der Waals surface area contributed by atoms with Crippen molar-refractivity contribution >= 4 is 6.29 Å². The molecule has 1 rings (SSSR count). The molecule has 0 aromatic carbocycles. The molecule has 0 N–H and O–H groups in total. The van der Waals surface area contributed by atoms with Crippen LogP contribution in [0, 0.1) is 0 Å². The third-order valence-electron chi connectivity index (χ3n) is 2.89.